The molecule has 0 spiro atoms. The predicted molar refractivity (Wildman–Crippen MR) is 52.8 cm³/mol. The summed E-state index contributed by atoms with van der Waals surface area (Å²) in [5, 5.41) is 12.8. The van der Waals surface area contributed by atoms with E-state index in [9.17, 15) is 5.21 Å². The minimum atomic E-state index is -0.333. The molecule has 3 heteroatoms. The number of hydrogen-bond donors (Lipinski definition) is 0. The predicted octanol–water partition coefficient (Wildman–Crippen LogP) is 2.52. The molecule has 1 aliphatic heterocycles. The van der Waals surface area contributed by atoms with Crippen molar-refractivity contribution in [2.75, 3.05) is 0 Å². The van der Waals surface area contributed by atoms with Crippen molar-refractivity contribution >= 4 is 22.6 Å². The van der Waals surface area contributed by atoms with Crippen molar-refractivity contribution < 1.29 is 5.21 Å². The largest absolute Gasteiger partial charge is 0.135 e. The standard InChI is InChI=1S/C8H13INO/c1-7(2)5-6(9)8(3,4)10(7)11/h5H,1-4H3. The van der Waals surface area contributed by atoms with Gasteiger partial charge in [0.1, 0.15) is 0 Å². The Hall–Kier alpha value is 0.390. The van der Waals surface area contributed by atoms with E-state index in [0.29, 0.717) is 0 Å². The molecule has 11 heavy (non-hydrogen) atoms. The first-order chi connectivity index (χ1) is 4.78. The van der Waals surface area contributed by atoms with E-state index in [1.165, 1.54) is 0 Å². The second-order valence-corrected chi connectivity index (χ2v) is 5.16. The second-order valence-electron chi connectivity index (χ2n) is 4.00. The Labute approximate surface area is 81.4 Å². The molecular weight excluding hydrogens is 253 g/mol. The quantitative estimate of drug-likeness (QED) is 0.618. The van der Waals surface area contributed by atoms with Crippen LogP contribution < -0.4 is 0 Å². The molecule has 0 amide bonds. The zero-order chi connectivity index (χ0) is 8.86. The molecule has 63 valence electrons. The fourth-order valence-electron chi connectivity index (χ4n) is 1.36. The molecule has 0 atom stereocenters. The van der Waals surface area contributed by atoms with Crippen LogP contribution in [0.4, 0.5) is 0 Å². The summed E-state index contributed by atoms with van der Waals surface area (Å²) in [7, 11) is 0. The van der Waals surface area contributed by atoms with Gasteiger partial charge in [-0.1, -0.05) is 6.08 Å². The average molecular weight is 266 g/mol. The van der Waals surface area contributed by atoms with Gasteiger partial charge in [-0.05, 0) is 50.3 Å². The highest BCUT2D eigenvalue weighted by atomic mass is 127. The van der Waals surface area contributed by atoms with Gasteiger partial charge in [-0.3, -0.25) is 0 Å². The highest BCUT2D eigenvalue weighted by Gasteiger charge is 2.45. The Kier molecular flexibility index (Phi) is 2.10. The molecule has 2 nitrogen and oxygen atoms in total. The first-order valence-electron chi connectivity index (χ1n) is 3.65. The lowest BCUT2D eigenvalue weighted by Crippen LogP contribution is -2.46. The Morgan fingerprint density at radius 3 is 1.91 bits per heavy atom. The van der Waals surface area contributed by atoms with Gasteiger partial charge in [0, 0.05) is 3.58 Å². The average Bonchev–Trinajstić information content (AvgIpc) is 1.94. The van der Waals surface area contributed by atoms with Gasteiger partial charge in [0.15, 0.2) is 0 Å². The van der Waals surface area contributed by atoms with Crippen LogP contribution in [0.3, 0.4) is 0 Å². The molecule has 1 radical (unpaired) electrons. The summed E-state index contributed by atoms with van der Waals surface area (Å²) in [6, 6.07) is 0. The van der Waals surface area contributed by atoms with Crippen molar-refractivity contribution in [2.45, 2.75) is 38.8 Å². The highest BCUT2D eigenvalue weighted by molar-refractivity contribution is 14.1. The molecule has 0 saturated heterocycles. The molecule has 0 saturated carbocycles. The van der Waals surface area contributed by atoms with Crippen LogP contribution in [0.5, 0.6) is 0 Å². The Balaban J connectivity index is 3.04. The van der Waals surface area contributed by atoms with Crippen molar-refractivity contribution in [2.24, 2.45) is 0 Å². The van der Waals surface area contributed by atoms with Crippen molar-refractivity contribution in [1.82, 2.24) is 5.06 Å². The topological polar surface area (TPSA) is 23.1 Å². The third kappa shape index (κ3) is 1.34. The number of halogens is 1. The van der Waals surface area contributed by atoms with Crippen molar-refractivity contribution in [3.05, 3.63) is 9.66 Å². The molecule has 1 aliphatic rings. The lowest BCUT2D eigenvalue weighted by Gasteiger charge is -2.32. The Bertz CT molecular complexity index is 208. The van der Waals surface area contributed by atoms with Gasteiger partial charge in [-0.25, -0.2) is 0 Å². The first kappa shape index (κ1) is 9.48. The van der Waals surface area contributed by atoms with E-state index in [4.69, 9.17) is 0 Å². The summed E-state index contributed by atoms with van der Waals surface area (Å²) in [6.45, 7) is 7.78. The van der Waals surface area contributed by atoms with Crippen LogP contribution in [-0.4, -0.2) is 16.1 Å². The SMILES string of the molecule is CC1(C)C=C(I)C(C)(C)N1[O]. The molecule has 0 N–H and O–H groups in total. The van der Waals surface area contributed by atoms with Crippen molar-refractivity contribution in [3.63, 3.8) is 0 Å². The number of nitrogens with zero attached hydrogens (tertiary/aromatic N) is 1. The van der Waals surface area contributed by atoms with Gasteiger partial charge in [0.25, 0.3) is 0 Å². The van der Waals surface area contributed by atoms with Gasteiger partial charge in [-0.2, -0.15) is 0 Å². The number of hydrogen-bond acceptors (Lipinski definition) is 1. The summed E-state index contributed by atoms with van der Waals surface area (Å²) in [4.78, 5) is 0. The normalized spacial score (nSPS) is 28.7. The first-order valence-corrected chi connectivity index (χ1v) is 4.72. The maximum absolute atomic E-state index is 11.6. The van der Waals surface area contributed by atoms with E-state index in [1.54, 1.807) is 0 Å². The zero-order valence-corrected chi connectivity index (χ0v) is 9.47. The maximum atomic E-state index is 11.6. The third-order valence-electron chi connectivity index (χ3n) is 2.10. The molecule has 0 fully saturated rings. The number of hydroxylamine groups is 2. The second kappa shape index (κ2) is 2.44. The number of rotatable bonds is 0. The molecule has 0 aromatic carbocycles. The van der Waals surface area contributed by atoms with Crippen LogP contribution in [0.15, 0.2) is 9.66 Å². The monoisotopic (exact) mass is 266 g/mol. The third-order valence-corrected chi connectivity index (χ3v) is 3.73. The molecule has 1 heterocycles. The molecular formula is C8H13INO. The van der Waals surface area contributed by atoms with E-state index < -0.39 is 0 Å². The van der Waals surface area contributed by atoms with Crippen LogP contribution in [0.2, 0.25) is 0 Å². The van der Waals surface area contributed by atoms with Crippen LogP contribution in [0.1, 0.15) is 27.7 Å². The minimum absolute atomic E-state index is 0.329. The molecule has 0 aromatic heterocycles. The van der Waals surface area contributed by atoms with E-state index in [-0.39, 0.29) is 11.1 Å². The summed E-state index contributed by atoms with van der Waals surface area (Å²) in [5.41, 5.74) is -0.663. The van der Waals surface area contributed by atoms with Gasteiger partial charge in [-0.15, -0.1) is 10.3 Å². The van der Waals surface area contributed by atoms with Gasteiger partial charge < -0.3 is 0 Å². The maximum Gasteiger partial charge on any atom is 0.0749 e. The van der Waals surface area contributed by atoms with Crippen molar-refractivity contribution in [3.8, 4) is 0 Å². The van der Waals surface area contributed by atoms with Crippen LogP contribution >= 0.6 is 22.6 Å². The van der Waals surface area contributed by atoms with Crippen LogP contribution in [0, 0.1) is 0 Å². The Morgan fingerprint density at radius 2 is 1.82 bits per heavy atom. The zero-order valence-electron chi connectivity index (χ0n) is 7.31. The fourth-order valence-corrected chi connectivity index (χ4v) is 2.34. The van der Waals surface area contributed by atoms with Crippen molar-refractivity contribution in [1.29, 1.82) is 0 Å². The molecule has 1 rings (SSSR count). The smallest absolute Gasteiger partial charge is 0.0749 e. The summed E-state index contributed by atoms with van der Waals surface area (Å²) < 4.78 is 1.13. The molecule has 0 aliphatic carbocycles. The lowest BCUT2D eigenvalue weighted by atomic mass is 10.1. The van der Waals surface area contributed by atoms with E-state index in [1.807, 2.05) is 33.8 Å². The highest BCUT2D eigenvalue weighted by Crippen LogP contribution is 2.41. The Morgan fingerprint density at radius 1 is 1.36 bits per heavy atom. The fraction of sp³-hybridized carbons (Fsp3) is 0.750. The van der Waals surface area contributed by atoms with E-state index in [2.05, 4.69) is 22.6 Å². The molecule has 0 aromatic rings. The van der Waals surface area contributed by atoms with Crippen LogP contribution in [0.25, 0.3) is 0 Å². The van der Waals surface area contributed by atoms with Gasteiger partial charge in [0.2, 0.25) is 0 Å². The van der Waals surface area contributed by atoms with Gasteiger partial charge in [0.05, 0.1) is 11.1 Å². The molecule has 0 bridgehead atoms. The van der Waals surface area contributed by atoms with E-state index in [0.717, 1.165) is 8.64 Å². The van der Waals surface area contributed by atoms with Gasteiger partial charge >= 0.3 is 0 Å². The van der Waals surface area contributed by atoms with Crippen LogP contribution in [-0.2, 0) is 5.21 Å². The summed E-state index contributed by atoms with van der Waals surface area (Å²) in [6.07, 6.45) is 2.03. The summed E-state index contributed by atoms with van der Waals surface area (Å²) >= 11 is 2.23. The van der Waals surface area contributed by atoms with E-state index >= 15 is 0 Å². The molecule has 0 unspecified atom stereocenters. The minimum Gasteiger partial charge on any atom is -0.135 e. The lowest BCUT2D eigenvalue weighted by molar-refractivity contribution is -0.237. The summed E-state index contributed by atoms with van der Waals surface area (Å²) in [5.74, 6) is 0.